The molecule has 0 aliphatic rings. The third kappa shape index (κ3) is 4.94. The van der Waals surface area contributed by atoms with Crippen LogP contribution < -0.4 is 10.1 Å². The number of para-hydroxylation sites is 1. The quantitative estimate of drug-likeness (QED) is 0.347. The van der Waals surface area contributed by atoms with Crippen LogP contribution in [-0.2, 0) is 6.42 Å². The van der Waals surface area contributed by atoms with Crippen molar-refractivity contribution >= 4 is 16.8 Å². The van der Waals surface area contributed by atoms with E-state index in [0.717, 1.165) is 27.6 Å². The maximum atomic E-state index is 13.3. The highest BCUT2D eigenvalue weighted by Gasteiger charge is 2.19. The zero-order chi connectivity index (χ0) is 23.4. The van der Waals surface area contributed by atoms with Crippen LogP contribution in [0.3, 0.4) is 0 Å². The zero-order valence-electron chi connectivity index (χ0n) is 19.3. The van der Waals surface area contributed by atoms with Crippen LogP contribution in [0.15, 0.2) is 72.9 Å². The predicted molar refractivity (Wildman–Crippen MR) is 133 cm³/mol. The number of amides is 1. The lowest BCUT2D eigenvalue weighted by atomic mass is 9.94. The van der Waals surface area contributed by atoms with Crippen molar-refractivity contribution in [2.75, 3.05) is 13.7 Å². The Morgan fingerprint density at radius 2 is 1.88 bits per heavy atom. The van der Waals surface area contributed by atoms with Crippen LogP contribution in [-0.4, -0.2) is 35.8 Å². The van der Waals surface area contributed by atoms with E-state index in [1.807, 2.05) is 48.7 Å². The lowest BCUT2D eigenvalue weighted by molar-refractivity contribution is 0.0917. The standard InChI is InChI=1S/C28H30N2O3/c1-18(2)19-7-6-8-20(13-19)26-15-23(33-3)11-12-25(26)28(32)30-22(17-31)14-21-16-29-27-10-5-4-9-24(21)27/h4-13,15-16,18,22,29,31H,14,17H2,1-3H3,(H,30,32)/t22-/m1/s1. The molecule has 1 atom stereocenters. The molecule has 33 heavy (non-hydrogen) atoms. The minimum absolute atomic E-state index is 0.153. The van der Waals surface area contributed by atoms with Gasteiger partial charge in [0, 0.05) is 22.7 Å². The SMILES string of the molecule is COc1ccc(C(=O)N[C@@H](CO)Cc2c[nH]c3ccccc23)c(-c2cccc(C(C)C)c2)c1. The number of H-pyrrole nitrogens is 1. The van der Waals surface area contributed by atoms with Crippen molar-refractivity contribution in [3.8, 4) is 16.9 Å². The number of aromatic nitrogens is 1. The first-order valence-corrected chi connectivity index (χ1v) is 11.2. The summed E-state index contributed by atoms with van der Waals surface area (Å²) in [6, 6.07) is 21.3. The van der Waals surface area contributed by atoms with Crippen molar-refractivity contribution in [2.45, 2.75) is 32.2 Å². The van der Waals surface area contributed by atoms with Gasteiger partial charge in [0.25, 0.3) is 5.91 Å². The van der Waals surface area contributed by atoms with Gasteiger partial charge in [0.15, 0.2) is 0 Å². The van der Waals surface area contributed by atoms with E-state index in [1.165, 1.54) is 5.56 Å². The fourth-order valence-electron chi connectivity index (χ4n) is 4.14. The number of benzene rings is 3. The van der Waals surface area contributed by atoms with Crippen LogP contribution in [0.1, 0.15) is 41.3 Å². The van der Waals surface area contributed by atoms with Gasteiger partial charge in [-0.2, -0.15) is 0 Å². The molecule has 170 valence electrons. The Morgan fingerprint density at radius 1 is 1.06 bits per heavy atom. The Labute approximate surface area is 194 Å². The Hall–Kier alpha value is -3.57. The van der Waals surface area contributed by atoms with Crippen LogP contribution in [0.2, 0.25) is 0 Å². The van der Waals surface area contributed by atoms with Crippen molar-refractivity contribution in [3.63, 3.8) is 0 Å². The molecule has 0 fully saturated rings. The Bertz CT molecular complexity index is 1260. The molecule has 0 radical (unpaired) electrons. The van der Waals surface area contributed by atoms with Gasteiger partial charge in [0.2, 0.25) is 0 Å². The topological polar surface area (TPSA) is 74.3 Å². The molecule has 0 unspecified atom stereocenters. The molecule has 1 heterocycles. The Kier molecular flexibility index (Phi) is 6.80. The number of carbonyl (C=O) groups is 1. The molecule has 0 aliphatic carbocycles. The predicted octanol–water partition coefficient (Wildman–Crippen LogP) is 5.30. The second kappa shape index (κ2) is 9.92. The normalized spacial score (nSPS) is 12.2. The molecular formula is C28H30N2O3. The summed E-state index contributed by atoms with van der Waals surface area (Å²) < 4.78 is 5.43. The summed E-state index contributed by atoms with van der Waals surface area (Å²) in [6.45, 7) is 4.14. The number of nitrogens with one attached hydrogen (secondary N) is 2. The van der Waals surface area contributed by atoms with Gasteiger partial charge in [-0.1, -0.05) is 56.3 Å². The molecule has 0 aliphatic heterocycles. The first kappa shape index (κ1) is 22.6. The number of methoxy groups -OCH3 is 1. The number of rotatable bonds is 8. The molecule has 1 amide bonds. The summed E-state index contributed by atoms with van der Waals surface area (Å²) in [5.74, 6) is 0.846. The third-order valence-electron chi connectivity index (χ3n) is 6.03. The molecule has 0 spiro atoms. The van der Waals surface area contributed by atoms with E-state index >= 15 is 0 Å². The summed E-state index contributed by atoms with van der Waals surface area (Å²) in [4.78, 5) is 16.6. The number of ether oxygens (including phenoxy) is 1. The lowest BCUT2D eigenvalue weighted by Crippen LogP contribution is -2.39. The van der Waals surface area contributed by atoms with Crippen LogP contribution >= 0.6 is 0 Å². The summed E-state index contributed by atoms with van der Waals surface area (Å²) in [7, 11) is 1.62. The third-order valence-corrected chi connectivity index (χ3v) is 6.03. The molecule has 0 saturated carbocycles. The molecule has 0 bridgehead atoms. The van der Waals surface area contributed by atoms with Crippen molar-refractivity contribution in [3.05, 3.63) is 89.6 Å². The monoisotopic (exact) mass is 442 g/mol. The molecule has 3 N–H and O–H groups in total. The minimum Gasteiger partial charge on any atom is -0.497 e. The maximum absolute atomic E-state index is 13.3. The second-order valence-corrected chi connectivity index (χ2v) is 8.61. The van der Waals surface area contributed by atoms with Crippen LogP contribution in [0.5, 0.6) is 5.75 Å². The van der Waals surface area contributed by atoms with Crippen molar-refractivity contribution in [1.82, 2.24) is 10.3 Å². The van der Waals surface area contributed by atoms with E-state index in [1.54, 1.807) is 19.2 Å². The van der Waals surface area contributed by atoms with E-state index in [9.17, 15) is 9.90 Å². The number of carbonyl (C=O) groups excluding carboxylic acids is 1. The average molecular weight is 443 g/mol. The number of hydrogen-bond acceptors (Lipinski definition) is 3. The Morgan fingerprint density at radius 3 is 2.64 bits per heavy atom. The summed E-state index contributed by atoms with van der Waals surface area (Å²) in [6.07, 6.45) is 2.47. The minimum atomic E-state index is -0.409. The fourth-order valence-corrected chi connectivity index (χ4v) is 4.14. The van der Waals surface area contributed by atoms with Gasteiger partial charge in [0.05, 0.1) is 19.8 Å². The van der Waals surface area contributed by atoms with Gasteiger partial charge in [0.1, 0.15) is 5.75 Å². The molecule has 5 nitrogen and oxygen atoms in total. The van der Waals surface area contributed by atoms with Gasteiger partial charge in [-0.25, -0.2) is 0 Å². The molecular weight excluding hydrogens is 412 g/mol. The molecule has 4 aromatic rings. The molecule has 5 heteroatoms. The van der Waals surface area contributed by atoms with E-state index in [-0.39, 0.29) is 12.5 Å². The summed E-state index contributed by atoms with van der Waals surface area (Å²) >= 11 is 0. The molecule has 0 saturated heterocycles. The first-order valence-electron chi connectivity index (χ1n) is 11.2. The zero-order valence-corrected chi connectivity index (χ0v) is 19.3. The summed E-state index contributed by atoms with van der Waals surface area (Å²) in [5, 5.41) is 14.1. The van der Waals surface area contributed by atoms with E-state index < -0.39 is 6.04 Å². The van der Waals surface area contributed by atoms with Crippen LogP contribution in [0, 0.1) is 0 Å². The van der Waals surface area contributed by atoms with E-state index in [4.69, 9.17) is 4.74 Å². The largest absolute Gasteiger partial charge is 0.497 e. The number of fused-ring (bicyclic) bond motifs is 1. The van der Waals surface area contributed by atoms with Crippen molar-refractivity contribution in [2.24, 2.45) is 0 Å². The van der Waals surface area contributed by atoms with Gasteiger partial charge in [-0.05, 0) is 58.9 Å². The van der Waals surface area contributed by atoms with E-state index in [2.05, 4.69) is 36.3 Å². The van der Waals surface area contributed by atoms with Gasteiger partial charge in [-0.15, -0.1) is 0 Å². The number of aliphatic hydroxyl groups is 1. The van der Waals surface area contributed by atoms with Crippen LogP contribution in [0.4, 0.5) is 0 Å². The number of aromatic amines is 1. The van der Waals surface area contributed by atoms with E-state index in [0.29, 0.717) is 23.7 Å². The highest BCUT2D eigenvalue weighted by molar-refractivity contribution is 6.01. The lowest BCUT2D eigenvalue weighted by Gasteiger charge is -2.18. The molecule has 3 aromatic carbocycles. The highest BCUT2D eigenvalue weighted by atomic mass is 16.5. The fraction of sp³-hybridized carbons (Fsp3) is 0.250. The smallest absolute Gasteiger partial charge is 0.252 e. The maximum Gasteiger partial charge on any atom is 0.252 e. The van der Waals surface area contributed by atoms with Crippen molar-refractivity contribution < 1.29 is 14.6 Å². The van der Waals surface area contributed by atoms with Gasteiger partial charge >= 0.3 is 0 Å². The molecule has 1 aromatic heterocycles. The average Bonchev–Trinajstić information content (AvgIpc) is 3.26. The van der Waals surface area contributed by atoms with Gasteiger partial charge in [-0.3, -0.25) is 4.79 Å². The number of aliphatic hydroxyl groups excluding tert-OH is 1. The second-order valence-electron chi connectivity index (χ2n) is 8.61. The summed E-state index contributed by atoms with van der Waals surface area (Å²) in [5.41, 5.74) is 5.62. The Balaban J connectivity index is 1.62. The van der Waals surface area contributed by atoms with Crippen LogP contribution in [0.25, 0.3) is 22.0 Å². The molecule has 4 rings (SSSR count). The van der Waals surface area contributed by atoms with Gasteiger partial charge < -0.3 is 20.1 Å². The first-order chi connectivity index (χ1) is 16.0. The van der Waals surface area contributed by atoms with Crippen molar-refractivity contribution in [1.29, 1.82) is 0 Å². The number of hydrogen-bond donors (Lipinski definition) is 3. The highest BCUT2D eigenvalue weighted by Crippen LogP contribution is 2.30.